The molecule has 1 aromatic rings. The maximum absolute atomic E-state index is 5.41. The van der Waals surface area contributed by atoms with Crippen LogP contribution in [0.25, 0.3) is 0 Å². The van der Waals surface area contributed by atoms with Crippen molar-refractivity contribution in [1.29, 1.82) is 0 Å². The molecule has 1 N–H and O–H groups in total. The molecule has 2 rings (SSSR count). The highest BCUT2D eigenvalue weighted by molar-refractivity contribution is 5.85. The summed E-state index contributed by atoms with van der Waals surface area (Å²) in [6.45, 7) is 4.47. The van der Waals surface area contributed by atoms with Crippen LogP contribution in [0.4, 0.5) is 5.69 Å². The van der Waals surface area contributed by atoms with Gasteiger partial charge in [0.15, 0.2) is 0 Å². The van der Waals surface area contributed by atoms with Gasteiger partial charge in [0, 0.05) is 6.04 Å². The fraction of sp³-hybridized carbons (Fsp3) is 0.600. The van der Waals surface area contributed by atoms with E-state index in [0.717, 1.165) is 17.4 Å². The van der Waals surface area contributed by atoms with Gasteiger partial charge in [0.1, 0.15) is 5.75 Å². The number of hydrogen-bond acceptors (Lipinski definition) is 2. The van der Waals surface area contributed by atoms with Gasteiger partial charge in [-0.1, -0.05) is 25.8 Å². The molecule has 2 nitrogen and oxygen atoms in total. The van der Waals surface area contributed by atoms with E-state index in [1.807, 2.05) is 6.07 Å². The second-order valence-electron chi connectivity index (χ2n) is 5.32. The highest BCUT2D eigenvalue weighted by Crippen LogP contribution is 2.30. The van der Waals surface area contributed by atoms with E-state index in [9.17, 15) is 0 Å². The molecule has 0 aromatic heterocycles. The molecule has 0 saturated heterocycles. The summed E-state index contributed by atoms with van der Waals surface area (Å²) < 4.78 is 5.41. The molecule has 1 aliphatic carbocycles. The molecule has 1 aromatic carbocycles. The summed E-state index contributed by atoms with van der Waals surface area (Å²) in [6.07, 6.45) is 5.27. The van der Waals surface area contributed by atoms with Crippen LogP contribution in [0.3, 0.4) is 0 Å². The molecule has 0 spiro atoms. The van der Waals surface area contributed by atoms with Gasteiger partial charge in [0.2, 0.25) is 0 Å². The van der Waals surface area contributed by atoms with E-state index < -0.39 is 0 Å². The Kier molecular flexibility index (Phi) is 5.80. The molecule has 3 heteroatoms. The molecule has 0 heterocycles. The van der Waals surface area contributed by atoms with Gasteiger partial charge >= 0.3 is 0 Å². The Bertz CT molecular complexity index is 381. The van der Waals surface area contributed by atoms with E-state index >= 15 is 0 Å². The third-order valence-corrected chi connectivity index (χ3v) is 3.65. The van der Waals surface area contributed by atoms with Crippen molar-refractivity contribution < 1.29 is 4.74 Å². The number of ether oxygens (including phenoxy) is 1. The fourth-order valence-corrected chi connectivity index (χ4v) is 2.72. The van der Waals surface area contributed by atoms with Crippen molar-refractivity contribution in [1.82, 2.24) is 0 Å². The van der Waals surface area contributed by atoms with Gasteiger partial charge in [-0.2, -0.15) is 0 Å². The molecular weight excluding hydrogens is 246 g/mol. The van der Waals surface area contributed by atoms with Crippen LogP contribution in [0.2, 0.25) is 0 Å². The van der Waals surface area contributed by atoms with Crippen molar-refractivity contribution in [2.45, 2.75) is 45.6 Å². The molecule has 2 atom stereocenters. The zero-order valence-corrected chi connectivity index (χ0v) is 12.3. The molecule has 1 fully saturated rings. The SMILES string of the molecule is COc1ccc(C)cc1NC1CCCC(C)C1.Cl. The van der Waals surface area contributed by atoms with Crippen LogP contribution in [-0.2, 0) is 0 Å². The fourth-order valence-electron chi connectivity index (χ4n) is 2.72. The normalized spacial score (nSPS) is 23.1. The number of nitrogens with one attached hydrogen (secondary N) is 1. The van der Waals surface area contributed by atoms with Crippen molar-refractivity contribution >= 4 is 18.1 Å². The number of anilines is 1. The second-order valence-corrected chi connectivity index (χ2v) is 5.32. The molecule has 0 amide bonds. The molecule has 0 bridgehead atoms. The summed E-state index contributed by atoms with van der Waals surface area (Å²) in [5.74, 6) is 1.80. The van der Waals surface area contributed by atoms with Crippen LogP contribution in [0.15, 0.2) is 18.2 Å². The van der Waals surface area contributed by atoms with Crippen molar-refractivity contribution in [3.63, 3.8) is 0 Å². The predicted octanol–water partition coefficient (Wildman–Crippen LogP) is 4.42. The van der Waals surface area contributed by atoms with Crippen molar-refractivity contribution in [3.8, 4) is 5.75 Å². The van der Waals surface area contributed by atoms with Crippen LogP contribution >= 0.6 is 12.4 Å². The van der Waals surface area contributed by atoms with Crippen molar-refractivity contribution in [2.24, 2.45) is 5.92 Å². The van der Waals surface area contributed by atoms with Gasteiger partial charge in [0.25, 0.3) is 0 Å². The van der Waals surface area contributed by atoms with Gasteiger partial charge in [-0.05, 0) is 43.4 Å². The second kappa shape index (κ2) is 6.89. The van der Waals surface area contributed by atoms with Crippen molar-refractivity contribution in [2.75, 3.05) is 12.4 Å². The first kappa shape index (κ1) is 15.2. The lowest BCUT2D eigenvalue weighted by Crippen LogP contribution is -2.26. The third kappa shape index (κ3) is 3.81. The molecule has 1 aliphatic rings. The average Bonchev–Trinajstić information content (AvgIpc) is 2.29. The quantitative estimate of drug-likeness (QED) is 0.877. The lowest BCUT2D eigenvalue weighted by molar-refractivity contribution is 0.357. The first-order chi connectivity index (χ1) is 8.19. The Morgan fingerprint density at radius 1 is 1.28 bits per heavy atom. The van der Waals surface area contributed by atoms with Crippen molar-refractivity contribution in [3.05, 3.63) is 23.8 Å². The molecular formula is C15H24ClNO. The number of aryl methyl sites for hydroxylation is 1. The van der Waals surface area contributed by atoms with Crippen LogP contribution in [0.5, 0.6) is 5.75 Å². The smallest absolute Gasteiger partial charge is 0.141 e. The first-order valence-electron chi connectivity index (χ1n) is 6.60. The van der Waals surface area contributed by atoms with Crippen LogP contribution in [-0.4, -0.2) is 13.2 Å². The van der Waals surface area contributed by atoms with E-state index in [0.29, 0.717) is 6.04 Å². The summed E-state index contributed by atoms with van der Waals surface area (Å²) >= 11 is 0. The number of hydrogen-bond donors (Lipinski definition) is 1. The zero-order chi connectivity index (χ0) is 12.3. The van der Waals surface area contributed by atoms with Gasteiger partial charge in [0.05, 0.1) is 12.8 Å². The highest BCUT2D eigenvalue weighted by Gasteiger charge is 2.19. The minimum atomic E-state index is 0. The third-order valence-electron chi connectivity index (χ3n) is 3.65. The molecule has 0 radical (unpaired) electrons. The van der Waals surface area contributed by atoms with Crippen LogP contribution in [0, 0.1) is 12.8 Å². The first-order valence-corrected chi connectivity index (χ1v) is 6.60. The number of rotatable bonds is 3. The van der Waals surface area contributed by atoms with Crippen LogP contribution < -0.4 is 10.1 Å². The average molecular weight is 270 g/mol. The van der Waals surface area contributed by atoms with E-state index in [4.69, 9.17) is 4.74 Å². The monoisotopic (exact) mass is 269 g/mol. The molecule has 102 valence electrons. The number of benzene rings is 1. The Morgan fingerprint density at radius 2 is 2.06 bits per heavy atom. The largest absolute Gasteiger partial charge is 0.495 e. The summed E-state index contributed by atoms with van der Waals surface area (Å²) in [7, 11) is 1.74. The Morgan fingerprint density at radius 3 is 2.72 bits per heavy atom. The summed E-state index contributed by atoms with van der Waals surface area (Å²) in [5.41, 5.74) is 2.42. The lowest BCUT2D eigenvalue weighted by Gasteiger charge is -2.29. The Hall–Kier alpha value is -0.890. The van der Waals surface area contributed by atoms with E-state index in [2.05, 4.69) is 31.3 Å². The number of halogens is 1. The molecule has 1 saturated carbocycles. The van der Waals surface area contributed by atoms with Crippen LogP contribution in [0.1, 0.15) is 38.2 Å². The summed E-state index contributed by atoms with van der Waals surface area (Å²) in [4.78, 5) is 0. The minimum Gasteiger partial charge on any atom is -0.495 e. The van der Waals surface area contributed by atoms with Gasteiger partial charge in [-0.3, -0.25) is 0 Å². The lowest BCUT2D eigenvalue weighted by atomic mass is 9.87. The maximum atomic E-state index is 5.41. The highest BCUT2D eigenvalue weighted by atomic mass is 35.5. The number of methoxy groups -OCH3 is 1. The van der Waals surface area contributed by atoms with E-state index in [-0.39, 0.29) is 12.4 Å². The van der Waals surface area contributed by atoms with Gasteiger partial charge in [-0.15, -0.1) is 12.4 Å². The standard InChI is InChI=1S/C15H23NO.ClH/c1-11-5-4-6-13(9-11)16-14-10-12(2)7-8-15(14)17-3;/h7-8,10-11,13,16H,4-6,9H2,1-3H3;1H. The van der Waals surface area contributed by atoms with Gasteiger partial charge in [-0.25, -0.2) is 0 Å². The van der Waals surface area contributed by atoms with Gasteiger partial charge < -0.3 is 10.1 Å². The van der Waals surface area contributed by atoms with E-state index in [1.54, 1.807) is 7.11 Å². The predicted molar refractivity (Wildman–Crippen MR) is 80.0 cm³/mol. The summed E-state index contributed by atoms with van der Waals surface area (Å²) in [6, 6.07) is 6.92. The molecule has 2 unspecified atom stereocenters. The Labute approximate surface area is 117 Å². The topological polar surface area (TPSA) is 21.3 Å². The zero-order valence-electron chi connectivity index (χ0n) is 11.5. The maximum Gasteiger partial charge on any atom is 0.141 e. The summed E-state index contributed by atoms with van der Waals surface area (Å²) in [5, 5.41) is 3.65. The van der Waals surface area contributed by atoms with E-state index in [1.165, 1.54) is 31.2 Å². The minimum absolute atomic E-state index is 0. The molecule has 18 heavy (non-hydrogen) atoms. The Balaban J connectivity index is 0.00000162. The molecule has 0 aliphatic heterocycles.